The fraction of sp³-hybridized carbons (Fsp3) is 0.129. The predicted molar refractivity (Wildman–Crippen MR) is 150 cm³/mol. The van der Waals surface area contributed by atoms with Crippen molar-refractivity contribution in [1.82, 2.24) is 10.6 Å². The summed E-state index contributed by atoms with van der Waals surface area (Å²) in [7, 11) is 0. The first-order chi connectivity index (χ1) is 18.5. The van der Waals surface area contributed by atoms with Gasteiger partial charge in [0.2, 0.25) is 5.91 Å². The second kappa shape index (κ2) is 12.9. The van der Waals surface area contributed by atoms with Crippen molar-refractivity contribution in [2.24, 2.45) is 0 Å². The fourth-order valence-corrected chi connectivity index (χ4v) is 3.85. The van der Waals surface area contributed by atoms with Crippen molar-refractivity contribution in [3.05, 3.63) is 131 Å². The Morgan fingerprint density at radius 3 is 2.08 bits per heavy atom. The Bertz CT molecular complexity index is 1370. The van der Waals surface area contributed by atoms with Gasteiger partial charge in [-0.15, -0.1) is 0 Å². The molecular weight excluding hydrogens is 476 g/mol. The number of amides is 3. The molecule has 0 aliphatic heterocycles. The van der Waals surface area contributed by atoms with Crippen molar-refractivity contribution >= 4 is 29.1 Å². The molecule has 1 unspecified atom stereocenters. The van der Waals surface area contributed by atoms with Gasteiger partial charge in [0, 0.05) is 29.0 Å². The second-order valence-electron chi connectivity index (χ2n) is 8.83. The number of carbonyl (C=O) groups excluding carboxylic acids is 3. The summed E-state index contributed by atoms with van der Waals surface area (Å²) in [4.78, 5) is 37.6. The smallest absolute Gasteiger partial charge is 0.251 e. The average molecular weight is 507 g/mol. The van der Waals surface area contributed by atoms with E-state index >= 15 is 0 Å². The van der Waals surface area contributed by atoms with Crippen LogP contribution in [0.15, 0.2) is 109 Å². The van der Waals surface area contributed by atoms with Crippen molar-refractivity contribution in [2.75, 3.05) is 17.2 Å². The number of hydrogen-bond acceptors (Lipinski definition) is 4. The van der Waals surface area contributed by atoms with E-state index in [1.165, 1.54) is 0 Å². The molecule has 0 fully saturated rings. The van der Waals surface area contributed by atoms with Gasteiger partial charge in [-0.1, -0.05) is 66.7 Å². The number of rotatable bonds is 10. The molecule has 0 aliphatic carbocycles. The minimum absolute atomic E-state index is 0.0288. The van der Waals surface area contributed by atoms with Crippen LogP contribution in [0.2, 0.25) is 0 Å². The summed E-state index contributed by atoms with van der Waals surface area (Å²) >= 11 is 0. The zero-order chi connectivity index (χ0) is 26.7. The van der Waals surface area contributed by atoms with Crippen LogP contribution >= 0.6 is 0 Å². The average Bonchev–Trinajstić information content (AvgIpc) is 2.96. The lowest BCUT2D eigenvalue weighted by Crippen LogP contribution is -2.26. The molecule has 0 aliphatic rings. The van der Waals surface area contributed by atoms with Crippen molar-refractivity contribution in [1.29, 1.82) is 0 Å². The van der Waals surface area contributed by atoms with E-state index in [0.29, 0.717) is 29.0 Å². The highest BCUT2D eigenvalue weighted by atomic mass is 16.2. The minimum Gasteiger partial charge on any atom is -0.376 e. The molecule has 0 saturated carbocycles. The number of benzene rings is 4. The maximum absolute atomic E-state index is 12.6. The lowest BCUT2D eigenvalue weighted by Gasteiger charge is -2.14. The monoisotopic (exact) mass is 506 g/mol. The van der Waals surface area contributed by atoms with Gasteiger partial charge in [0.1, 0.15) is 0 Å². The van der Waals surface area contributed by atoms with Gasteiger partial charge < -0.3 is 21.3 Å². The Labute approximate surface area is 222 Å². The molecule has 3 amide bonds. The first kappa shape index (κ1) is 26.2. The molecule has 0 bridgehead atoms. The Morgan fingerprint density at radius 2 is 1.37 bits per heavy atom. The van der Waals surface area contributed by atoms with E-state index < -0.39 is 0 Å². The molecule has 7 nitrogen and oxygen atoms in total. The molecule has 4 rings (SSSR count). The van der Waals surface area contributed by atoms with Gasteiger partial charge in [0.15, 0.2) is 0 Å². The molecule has 4 aromatic carbocycles. The Morgan fingerprint density at radius 1 is 0.684 bits per heavy atom. The molecule has 4 aromatic rings. The van der Waals surface area contributed by atoms with Crippen LogP contribution in [-0.2, 0) is 11.3 Å². The van der Waals surface area contributed by atoms with Crippen molar-refractivity contribution in [3.8, 4) is 0 Å². The van der Waals surface area contributed by atoms with Gasteiger partial charge in [-0.05, 0) is 60.5 Å². The topological polar surface area (TPSA) is 99.3 Å². The third-order valence-electron chi connectivity index (χ3n) is 5.95. The Kier molecular flexibility index (Phi) is 8.86. The first-order valence-electron chi connectivity index (χ1n) is 12.4. The van der Waals surface area contributed by atoms with Gasteiger partial charge >= 0.3 is 0 Å². The van der Waals surface area contributed by atoms with Crippen LogP contribution in [0.5, 0.6) is 0 Å². The highest BCUT2D eigenvalue weighted by Crippen LogP contribution is 2.15. The van der Waals surface area contributed by atoms with Crippen LogP contribution in [0.4, 0.5) is 11.4 Å². The van der Waals surface area contributed by atoms with Gasteiger partial charge in [0.25, 0.3) is 11.8 Å². The summed E-state index contributed by atoms with van der Waals surface area (Å²) in [6, 6.07) is 33.0. The van der Waals surface area contributed by atoms with Crippen molar-refractivity contribution in [2.45, 2.75) is 19.5 Å². The SMILES string of the molecule is CC(NC(=O)c1ccc(NCC(=O)Nc2cccc(C(=O)NCc3ccccc3)c2)cc1)c1ccccc1. The highest BCUT2D eigenvalue weighted by molar-refractivity contribution is 5.98. The lowest BCUT2D eigenvalue weighted by molar-refractivity contribution is -0.114. The van der Waals surface area contributed by atoms with E-state index in [-0.39, 0.29) is 30.3 Å². The van der Waals surface area contributed by atoms with Crippen LogP contribution in [-0.4, -0.2) is 24.3 Å². The molecule has 192 valence electrons. The van der Waals surface area contributed by atoms with Gasteiger partial charge in [-0.2, -0.15) is 0 Å². The molecule has 0 aromatic heterocycles. The Hall–Kier alpha value is -4.91. The van der Waals surface area contributed by atoms with Crippen LogP contribution in [0.25, 0.3) is 0 Å². The first-order valence-corrected chi connectivity index (χ1v) is 12.4. The maximum atomic E-state index is 12.6. The summed E-state index contributed by atoms with van der Waals surface area (Å²) < 4.78 is 0. The summed E-state index contributed by atoms with van der Waals surface area (Å²) in [5, 5.41) is 11.7. The van der Waals surface area contributed by atoms with Crippen LogP contribution in [0, 0.1) is 0 Å². The molecule has 0 saturated heterocycles. The summed E-state index contributed by atoms with van der Waals surface area (Å²) in [6.45, 7) is 2.39. The van der Waals surface area contributed by atoms with E-state index in [9.17, 15) is 14.4 Å². The number of carbonyl (C=O) groups is 3. The second-order valence-corrected chi connectivity index (χ2v) is 8.83. The molecule has 1 atom stereocenters. The van der Waals surface area contributed by atoms with Gasteiger partial charge in [-0.3, -0.25) is 14.4 Å². The number of nitrogens with one attached hydrogen (secondary N) is 4. The molecule has 0 radical (unpaired) electrons. The molecule has 38 heavy (non-hydrogen) atoms. The quantitative estimate of drug-likeness (QED) is 0.239. The number of anilines is 2. The van der Waals surface area contributed by atoms with Gasteiger partial charge in [0.05, 0.1) is 12.6 Å². The van der Waals surface area contributed by atoms with Crippen molar-refractivity contribution in [3.63, 3.8) is 0 Å². The van der Waals surface area contributed by atoms with Crippen molar-refractivity contribution < 1.29 is 14.4 Å². The number of hydrogen-bond donors (Lipinski definition) is 4. The summed E-state index contributed by atoms with van der Waals surface area (Å²) in [5.41, 5.74) is 4.27. The predicted octanol–water partition coefficient (Wildman–Crippen LogP) is 5.16. The van der Waals surface area contributed by atoms with E-state index in [4.69, 9.17) is 0 Å². The summed E-state index contributed by atoms with van der Waals surface area (Å²) in [6.07, 6.45) is 0. The third kappa shape index (κ3) is 7.54. The lowest BCUT2D eigenvalue weighted by atomic mass is 10.1. The van der Waals surface area contributed by atoms with Crippen LogP contribution in [0.3, 0.4) is 0 Å². The normalized spacial score (nSPS) is 11.2. The zero-order valence-electron chi connectivity index (χ0n) is 21.1. The third-order valence-corrected chi connectivity index (χ3v) is 5.95. The van der Waals surface area contributed by atoms with Crippen LogP contribution in [0.1, 0.15) is 44.8 Å². The maximum Gasteiger partial charge on any atom is 0.251 e. The van der Waals surface area contributed by atoms with Crippen LogP contribution < -0.4 is 21.3 Å². The molecule has 7 heteroatoms. The van der Waals surface area contributed by atoms with Gasteiger partial charge in [-0.25, -0.2) is 0 Å². The van der Waals surface area contributed by atoms with E-state index in [1.54, 1.807) is 48.5 Å². The molecular formula is C31H30N4O3. The van der Waals surface area contributed by atoms with E-state index in [1.807, 2.05) is 67.6 Å². The molecule has 4 N–H and O–H groups in total. The standard InChI is InChI=1S/C31H30N4O3/c1-22(24-11-6-3-7-12-24)34-31(38)25-15-17-27(18-16-25)32-21-29(36)35-28-14-8-13-26(19-28)30(37)33-20-23-9-4-2-5-10-23/h2-19,22,32H,20-21H2,1H3,(H,33,37)(H,34,38)(H,35,36). The van der Waals surface area contributed by atoms with E-state index in [0.717, 1.165) is 11.1 Å². The highest BCUT2D eigenvalue weighted by Gasteiger charge is 2.12. The zero-order valence-corrected chi connectivity index (χ0v) is 21.1. The largest absolute Gasteiger partial charge is 0.376 e. The Balaban J connectivity index is 1.24. The fourth-order valence-electron chi connectivity index (χ4n) is 3.85. The molecule has 0 heterocycles. The summed E-state index contributed by atoms with van der Waals surface area (Å²) in [5.74, 6) is -0.644. The van der Waals surface area contributed by atoms with E-state index in [2.05, 4.69) is 21.3 Å². The minimum atomic E-state index is -0.259. The molecule has 0 spiro atoms.